The van der Waals surface area contributed by atoms with Crippen molar-refractivity contribution in [1.82, 2.24) is 19.7 Å². The van der Waals surface area contributed by atoms with Gasteiger partial charge in [-0.2, -0.15) is 5.10 Å². The van der Waals surface area contributed by atoms with Crippen LogP contribution < -0.4 is 34.7 Å². The molecule has 2 aromatic heterocycles. The Morgan fingerprint density at radius 2 is 1.96 bits per heavy atom. The number of carboxylic acid groups (broad SMARTS) is 1. The van der Waals surface area contributed by atoms with E-state index >= 15 is 0 Å². The van der Waals surface area contributed by atoms with E-state index in [1.807, 2.05) is 24.4 Å². The van der Waals surface area contributed by atoms with E-state index in [1.165, 1.54) is 11.6 Å². The fourth-order valence-corrected chi connectivity index (χ4v) is 3.20. The first kappa shape index (κ1) is 18.8. The van der Waals surface area contributed by atoms with Gasteiger partial charge in [0.05, 0.1) is 11.7 Å². The number of carboxylic acids is 1. The van der Waals surface area contributed by atoms with E-state index in [9.17, 15) is 9.90 Å². The van der Waals surface area contributed by atoms with Gasteiger partial charge in [-0.1, -0.05) is 30.3 Å². The molecule has 3 aromatic rings. The van der Waals surface area contributed by atoms with Gasteiger partial charge < -0.3 is 9.90 Å². The van der Waals surface area contributed by atoms with Crippen LogP contribution in [-0.4, -0.2) is 32.2 Å². The molecule has 0 bridgehead atoms. The van der Waals surface area contributed by atoms with Crippen molar-refractivity contribution in [3.8, 4) is 5.82 Å². The van der Waals surface area contributed by atoms with Crippen LogP contribution in [0.5, 0.6) is 0 Å². The Hall–Kier alpha value is -1.99. The van der Waals surface area contributed by atoms with Crippen LogP contribution in [-0.2, 0) is 19.5 Å². The summed E-state index contributed by atoms with van der Waals surface area (Å²) in [7, 11) is 0. The second-order valence-corrected chi connectivity index (χ2v) is 6.15. The third kappa shape index (κ3) is 3.88. The van der Waals surface area contributed by atoms with Crippen LogP contribution in [0, 0.1) is 0 Å². The zero-order chi connectivity index (χ0) is 17.2. The minimum atomic E-state index is -1.25. The van der Waals surface area contributed by atoms with Crippen molar-refractivity contribution in [1.29, 1.82) is 0 Å². The molecule has 0 N–H and O–H groups in total. The maximum Gasteiger partial charge on any atom is 1.00 e. The molecule has 3 heterocycles. The van der Waals surface area contributed by atoms with Gasteiger partial charge in [0.25, 0.3) is 0 Å². The minimum Gasteiger partial charge on any atom is -0.545 e. The van der Waals surface area contributed by atoms with Crippen molar-refractivity contribution < 1.29 is 39.5 Å². The molecule has 0 unspecified atom stereocenters. The molecule has 0 saturated carbocycles. The molecule has 0 amide bonds. The van der Waals surface area contributed by atoms with E-state index in [2.05, 4.69) is 27.1 Å². The second-order valence-electron chi connectivity index (χ2n) is 6.15. The number of pyridine rings is 1. The molecule has 4 rings (SSSR count). The largest absolute Gasteiger partial charge is 1.00 e. The number of carbonyl (C=O) groups excluding carboxylic acids is 1. The summed E-state index contributed by atoms with van der Waals surface area (Å²) in [5, 5.41) is 15.8. The molecule has 0 spiro atoms. The Morgan fingerprint density at radius 3 is 2.73 bits per heavy atom. The zero-order valence-corrected chi connectivity index (χ0v) is 16.6. The van der Waals surface area contributed by atoms with Crippen molar-refractivity contribution in [2.75, 3.05) is 6.54 Å². The van der Waals surface area contributed by atoms with E-state index in [1.54, 1.807) is 16.9 Å². The first-order valence-electron chi connectivity index (χ1n) is 8.21. The molecular weight excluding hydrogens is 339 g/mol. The van der Waals surface area contributed by atoms with Gasteiger partial charge in [-0.05, 0) is 17.7 Å². The number of fused-ring (bicyclic) bond motifs is 1. The number of hydrogen-bond donors (Lipinski definition) is 0. The molecule has 0 radical (unpaired) electrons. The van der Waals surface area contributed by atoms with Crippen molar-refractivity contribution >= 4 is 5.97 Å². The number of rotatable bonds is 4. The van der Waals surface area contributed by atoms with Gasteiger partial charge in [0.2, 0.25) is 0 Å². The van der Waals surface area contributed by atoms with E-state index in [-0.39, 0.29) is 35.1 Å². The first-order chi connectivity index (χ1) is 12.2. The summed E-state index contributed by atoms with van der Waals surface area (Å²) in [5.41, 5.74) is 3.43. The molecule has 6 nitrogen and oxygen atoms in total. The Bertz CT molecular complexity index is 911. The van der Waals surface area contributed by atoms with Crippen LogP contribution in [0.1, 0.15) is 27.2 Å². The number of hydrogen-bond acceptors (Lipinski definition) is 5. The van der Waals surface area contributed by atoms with Gasteiger partial charge in [0.15, 0.2) is 5.82 Å². The van der Waals surface area contributed by atoms with Crippen molar-refractivity contribution in [2.45, 2.75) is 19.5 Å². The molecule has 7 heteroatoms. The van der Waals surface area contributed by atoms with Crippen LogP contribution in [0.4, 0.5) is 0 Å². The molecule has 126 valence electrons. The maximum absolute atomic E-state index is 11.3. The van der Waals surface area contributed by atoms with Gasteiger partial charge >= 0.3 is 29.6 Å². The average Bonchev–Trinajstić information content (AvgIpc) is 3.06. The SMILES string of the molecule is O=C([O-])c1cccnc1-n1cc2c(n1)CCN(Cc1ccccc1)C2.[Na+]. The topological polar surface area (TPSA) is 74.1 Å². The summed E-state index contributed by atoms with van der Waals surface area (Å²) >= 11 is 0. The molecule has 0 aliphatic carbocycles. The maximum atomic E-state index is 11.3. The van der Waals surface area contributed by atoms with Gasteiger partial charge in [-0.3, -0.25) is 4.90 Å². The van der Waals surface area contributed by atoms with Crippen LogP contribution in [0.25, 0.3) is 5.82 Å². The quantitative estimate of drug-likeness (QED) is 0.516. The zero-order valence-electron chi connectivity index (χ0n) is 14.6. The molecule has 1 aliphatic rings. The van der Waals surface area contributed by atoms with E-state index in [0.717, 1.165) is 37.3 Å². The average molecular weight is 356 g/mol. The number of nitrogens with zero attached hydrogens (tertiary/aromatic N) is 4. The van der Waals surface area contributed by atoms with Crippen LogP contribution in [0.2, 0.25) is 0 Å². The van der Waals surface area contributed by atoms with Crippen molar-refractivity contribution in [3.05, 3.63) is 77.2 Å². The third-order valence-corrected chi connectivity index (χ3v) is 4.41. The standard InChI is InChI=1S/C19H18N4O2.Na/c24-19(25)16-7-4-9-20-18(16)23-13-15-12-22(10-8-17(15)21-23)11-14-5-2-1-3-6-14;/h1-7,9,13H,8,10-12H2,(H,24,25);/q;+1/p-1. The summed E-state index contributed by atoms with van der Waals surface area (Å²) < 4.78 is 1.56. The molecule has 1 aromatic carbocycles. The van der Waals surface area contributed by atoms with Crippen LogP contribution in [0.3, 0.4) is 0 Å². The molecule has 0 atom stereocenters. The summed E-state index contributed by atoms with van der Waals surface area (Å²) in [6.07, 6.45) is 4.27. The normalized spacial score (nSPS) is 13.7. The molecule has 0 saturated heterocycles. The summed E-state index contributed by atoms with van der Waals surface area (Å²) in [6, 6.07) is 13.4. The summed E-state index contributed by atoms with van der Waals surface area (Å²) in [6.45, 7) is 2.60. The Morgan fingerprint density at radius 1 is 1.15 bits per heavy atom. The van der Waals surface area contributed by atoms with Gasteiger partial charge in [-0.25, -0.2) is 9.67 Å². The fraction of sp³-hybridized carbons (Fsp3) is 0.211. The summed E-state index contributed by atoms with van der Waals surface area (Å²) in [5.74, 6) is -0.950. The monoisotopic (exact) mass is 356 g/mol. The molecule has 1 aliphatic heterocycles. The van der Waals surface area contributed by atoms with Crippen molar-refractivity contribution in [3.63, 3.8) is 0 Å². The van der Waals surface area contributed by atoms with Crippen LogP contribution >= 0.6 is 0 Å². The molecule has 0 fully saturated rings. The Balaban J connectivity index is 0.00000196. The smallest absolute Gasteiger partial charge is 0.545 e. The fourth-order valence-electron chi connectivity index (χ4n) is 3.20. The number of aromatic carboxylic acids is 1. The Labute approximate surface area is 173 Å². The molecule has 26 heavy (non-hydrogen) atoms. The minimum absolute atomic E-state index is 0. The van der Waals surface area contributed by atoms with E-state index < -0.39 is 5.97 Å². The molecular formula is C19H17N4NaO2. The predicted molar refractivity (Wildman–Crippen MR) is 89.9 cm³/mol. The van der Waals surface area contributed by atoms with Gasteiger partial charge in [0, 0.05) is 49.6 Å². The number of carbonyl (C=O) groups is 1. The van der Waals surface area contributed by atoms with Gasteiger partial charge in [0.1, 0.15) is 0 Å². The van der Waals surface area contributed by atoms with E-state index in [4.69, 9.17) is 0 Å². The number of benzene rings is 1. The third-order valence-electron chi connectivity index (χ3n) is 4.41. The number of aromatic nitrogens is 3. The van der Waals surface area contributed by atoms with Crippen LogP contribution in [0.15, 0.2) is 54.9 Å². The second kappa shape index (κ2) is 8.14. The summed E-state index contributed by atoms with van der Waals surface area (Å²) in [4.78, 5) is 17.8. The van der Waals surface area contributed by atoms with Gasteiger partial charge in [-0.15, -0.1) is 0 Å². The Kier molecular flexibility index (Phi) is 5.88. The van der Waals surface area contributed by atoms with E-state index in [0.29, 0.717) is 5.82 Å². The first-order valence-corrected chi connectivity index (χ1v) is 8.21. The predicted octanol–water partition coefficient (Wildman–Crippen LogP) is -1.81. The van der Waals surface area contributed by atoms with Crippen molar-refractivity contribution in [2.24, 2.45) is 0 Å².